The molecule has 4 nitrogen and oxygen atoms in total. The predicted molar refractivity (Wildman–Crippen MR) is 75.2 cm³/mol. The van der Waals surface area contributed by atoms with Crippen molar-refractivity contribution in [2.75, 3.05) is 7.11 Å². The lowest BCUT2D eigenvalue weighted by Crippen LogP contribution is -2.06. The van der Waals surface area contributed by atoms with Crippen molar-refractivity contribution in [2.24, 2.45) is 0 Å². The van der Waals surface area contributed by atoms with E-state index in [1.165, 1.54) is 0 Å². The van der Waals surface area contributed by atoms with Crippen molar-refractivity contribution >= 4 is 17.3 Å². The molecule has 2 rings (SSSR count). The minimum absolute atomic E-state index is 0.0150. The quantitative estimate of drug-likeness (QED) is 0.805. The standard InChI is InChI=1S/C14H16N2O2S/c1-8(2)12-14(19-16-15-12)13(17)11-6-5-10(18-4)7-9(11)3/h5-8H,1-4H3. The summed E-state index contributed by atoms with van der Waals surface area (Å²) in [6.45, 7) is 5.92. The van der Waals surface area contributed by atoms with Gasteiger partial charge in [-0.05, 0) is 48.1 Å². The molecule has 0 saturated carbocycles. The Balaban J connectivity index is 2.42. The molecule has 19 heavy (non-hydrogen) atoms. The molecule has 0 aliphatic rings. The molecule has 2 aromatic rings. The van der Waals surface area contributed by atoms with Gasteiger partial charge in [-0.25, -0.2) is 0 Å². The van der Waals surface area contributed by atoms with Gasteiger partial charge in [0.1, 0.15) is 10.6 Å². The van der Waals surface area contributed by atoms with Gasteiger partial charge in [-0.15, -0.1) is 5.10 Å². The minimum Gasteiger partial charge on any atom is -0.497 e. The monoisotopic (exact) mass is 276 g/mol. The van der Waals surface area contributed by atoms with E-state index in [0.717, 1.165) is 28.5 Å². The van der Waals surface area contributed by atoms with Crippen LogP contribution in [-0.2, 0) is 0 Å². The number of rotatable bonds is 4. The van der Waals surface area contributed by atoms with Crippen LogP contribution in [0.25, 0.3) is 0 Å². The van der Waals surface area contributed by atoms with E-state index >= 15 is 0 Å². The van der Waals surface area contributed by atoms with E-state index in [0.29, 0.717) is 10.4 Å². The molecule has 0 aliphatic carbocycles. The normalized spacial score (nSPS) is 10.8. The second-order valence-electron chi connectivity index (χ2n) is 4.65. The molecule has 0 amide bonds. The highest BCUT2D eigenvalue weighted by molar-refractivity contribution is 7.08. The smallest absolute Gasteiger partial charge is 0.206 e. The van der Waals surface area contributed by atoms with Gasteiger partial charge in [-0.1, -0.05) is 18.3 Å². The van der Waals surface area contributed by atoms with Gasteiger partial charge < -0.3 is 4.74 Å². The molecule has 0 unspecified atom stereocenters. The SMILES string of the molecule is COc1ccc(C(=O)c2snnc2C(C)C)c(C)c1. The molecule has 0 radical (unpaired) electrons. The molecule has 100 valence electrons. The fourth-order valence-corrected chi connectivity index (χ4v) is 2.65. The second kappa shape index (κ2) is 5.48. The van der Waals surface area contributed by atoms with Crippen molar-refractivity contribution in [2.45, 2.75) is 26.7 Å². The first-order valence-corrected chi connectivity index (χ1v) is 6.83. The largest absolute Gasteiger partial charge is 0.497 e. The van der Waals surface area contributed by atoms with Crippen LogP contribution in [0.1, 0.15) is 46.3 Å². The van der Waals surface area contributed by atoms with Crippen molar-refractivity contribution in [3.63, 3.8) is 0 Å². The van der Waals surface area contributed by atoms with Crippen molar-refractivity contribution in [3.05, 3.63) is 39.9 Å². The fraction of sp³-hybridized carbons (Fsp3) is 0.357. The third-order valence-corrected chi connectivity index (χ3v) is 3.69. The zero-order chi connectivity index (χ0) is 14.0. The Kier molecular flexibility index (Phi) is 3.95. The average molecular weight is 276 g/mol. The molecular formula is C14H16N2O2S. The summed E-state index contributed by atoms with van der Waals surface area (Å²) < 4.78 is 9.05. The van der Waals surface area contributed by atoms with Crippen LogP contribution >= 0.6 is 11.5 Å². The highest BCUT2D eigenvalue weighted by Gasteiger charge is 2.21. The van der Waals surface area contributed by atoms with Crippen molar-refractivity contribution in [1.82, 2.24) is 9.59 Å². The number of hydrogen-bond acceptors (Lipinski definition) is 5. The summed E-state index contributed by atoms with van der Waals surface area (Å²) in [5.41, 5.74) is 2.34. The Morgan fingerprint density at radius 3 is 2.68 bits per heavy atom. The fourth-order valence-electron chi connectivity index (χ4n) is 1.87. The van der Waals surface area contributed by atoms with Gasteiger partial charge in [-0.2, -0.15) is 0 Å². The number of nitrogens with zero attached hydrogens (tertiary/aromatic N) is 2. The van der Waals surface area contributed by atoms with Gasteiger partial charge in [0.2, 0.25) is 5.78 Å². The van der Waals surface area contributed by atoms with Crippen LogP contribution in [0.3, 0.4) is 0 Å². The Labute approximate surface area is 116 Å². The zero-order valence-corrected chi connectivity index (χ0v) is 12.2. The van der Waals surface area contributed by atoms with E-state index in [2.05, 4.69) is 9.59 Å². The summed E-state index contributed by atoms with van der Waals surface area (Å²) in [6, 6.07) is 5.45. The summed E-state index contributed by atoms with van der Waals surface area (Å²) >= 11 is 1.16. The molecule has 0 N–H and O–H groups in total. The number of ketones is 1. The van der Waals surface area contributed by atoms with E-state index < -0.39 is 0 Å². The lowest BCUT2D eigenvalue weighted by molar-refractivity contribution is 0.104. The van der Waals surface area contributed by atoms with Crippen LogP contribution in [0.4, 0.5) is 0 Å². The van der Waals surface area contributed by atoms with Crippen molar-refractivity contribution < 1.29 is 9.53 Å². The summed E-state index contributed by atoms with van der Waals surface area (Å²) in [6.07, 6.45) is 0. The van der Waals surface area contributed by atoms with E-state index in [1.54, 1.807) is 19.2 Å². The van der Waals surface area contributed by atoms with Gasteiger partial charge in [0.15, 0.2) is 0 Å². The van der Waals surface area contributed by atoms with Gasteiger partial charge in [0.25, 0.3) is 0 Å². The maximum Gasteiger partial charge on any atom is 0.206 e. The summed E-state index contributed by atoms with van der Waals surface area (Å²) in [5, 5.41) is 4.05. The van der Waals surface area contributed by atoms with Gasteiger partial charge in [0, 0.05) is 5.56 Å². The molecule has 1 aromatic heterocycles. The molecule has 0 bridgehead atoms. The first-order chi connectivity index (χ1) is 9.04. The van der Waals surface area contributed by atoms with E-state index in [4.69, 9.17) is 4.74 Å². The van der Waals surface area contributed by atoms with E-state index in [-0.39, 0.29) is 11.7 Å². The number of aromatic nitrogens is 2. The third-order valence-electron chi connectivity index (χ3n) is 2.94. The number of methoxy groups -OCH3 is 1. The number of carbonyl (C=O) groups excluding carboxylic acids is 1. The molecule has 1 aromatic carbocycles. The highest BCUT2D eigenvalue weighted by atomic mass is 32.1. The minimum atomic E-state index is -0.0150. The van der Waals surface area contributed by atoms with Crippen LogP contribution in [0.2, 0.25) is 0 Å². The van der Waals surface area contributed by atoms with Crippen LogP contribution in [0.5, 0.6) is 5.75 Å². The van der Waals surface area contributed by atoms with Crippen molar-refractivity contribution in [1.29, 1.82) is 0 Å². The number of carbonyl (C=O) groups is 1. The average Bonchev–Trinajstić information content (AvgIpc) is 2.87. The Hall–Kier alpha value is -1.75. The highest BCUT2D eigenvalue weighted by Crippen LogP contribution is 2.25. The van der Waals surface area contributed by atoms with Gasteiger partial charge in [-0.3, -0.25) is 4.79 Å². The molecule has 5 heteroatoms. The predicted octanol–water partition coefficient (Wildman–Crippen LogP) is 3.21. The molecule has 0 fully saturated rings. The Morgan fingerprint density at radius 2 is 2.11 bits per heavy atom. The molecule has 0 aliphatic heterocycles. The number of benzene rings is 1. The summed E-state index contributed by atoms with van der Waals surface area (Å²) in [4.78, 5) is 13.2. The van der Waals surface area contributed by atoms with Gasteiger partial charge >= 0.3 is 0 Å². The molecular weight excluding hydrogens is 260 g/mol. The van der Waals surface area contributed by atoms with Gasteiger partial charge in [0.05, 0.1) is 12.8 Å². The molecule has 0 spiro atoms. The second-order valence-corrected chi connectivity index (χ2v) is 5.41. The molecule has 1 heterocycles. The molecule has 0 atom stereocenters. The lowest BCUT2D eigenvalue weighted by atomic mass is 10.00. The zero-order valence-electron chi connectivity index (χ0n) is 11.4. The topological polar surface area (TPSA) is 52.1 Å². The molecule has 0 saturated heterocycles. The number of hydrogen-bond donors (Lipinski definition) is 0. The van der Waals surface area contributed by atoms with E-state index in [1.807, 2.05) is 26.8 Å². The third kappa shape index (κ3) is 2.66. The lowest BCUT2D eigenvalue weighted by Gasteiger charge is -2.07. The summed E-state index contributed by atoms with van der Waals surface area (Å²) in [5.74, 6) is 0.927. The number of ether oxygens (including phenoxy) is 1. The Bertz CT molecular complexity index is 605. The van der Waals surface area contributed by atoms with Crippen molar-refractivity contribution in [3.8, 4) is 5.75 Å². The van der Waals surface area contributed by atoms with E-state index in [9.17, 15) is 4.79 Å². The Morgan fingerprint density at radius 1 is 1.37 bits per heavy atom. The maximum absolute atomic E-state index is 12.5. The summed E-state index contributed by atoms with van der Waals surface area (Å²) in [7, 11) is 1.61. The first kappa shape index (κ1) is 13.7. The maximum atomic E-state index is 12.5. The van der Waals surface area contributed by atoms with Crippen LogP contribution < -0.4 is 4.74 Å². The number of aryl methyl sites for hydroxylation is 1. The van der Waals surface area contributed by atoms with Crippen LogP contribution in [0, 0.1) is 6.92 Å². The first-order valence-electron chi connectivity index (χ1n) is 6.06. The van der Waals surface area contributed by atoms with Crippen LogP contribution in [0.15, 0.2) is 18.2 Å². The van der Waals surface area contributed by atoms with Crippen LogP contribution in [-0.4, -0.2) is 22.5 Å².